The maximum absolute atomic E-state index is 12.5. The van der Waals surface area contributed by atoms with E-state index in [1.54, 1.807) is 6.07 Å². The second-order valence-electron chi connectivity index (χ2n) is 3.72. The number of rotatable bonds is 2. The summed E-state index contributed by atoms with van der Waals surface area (Å²) in [6.07, 6.45) is -3.42. The Balaban J connectivity index is 2.59. The molecule has 0 saturated heterocycles. The zero-order chi connectivity index (χ0) is 14.9. The van der Waals surface area contributed by atoms with Crippen molar-refractivity contribution in [2.45, 2.75) is 6.18 Å². The highest BCUT2D eigenvalue weighted by molar-refractivity contribution is 5.54. The van der Waals surface area contributed by atoms with Gasteiger partial charge in [-0.05, 0) is 18.2 Å². The van der Waals surface area contributed by atoms with Gasteiger partial charge < -0.3 is 0 Å². The van der Waals surface area contributed by atoms with Gasteiger partial charge in [0.15, 0.2) is 5.69 Å². The van der Waals surface area contributed by atoms with Crippen LogP contribution in [0.25, 0.3) is 5.69 Å². The lowest BCUT2D eigenvalue weighted by Crippen LogP contribution is -2.08. The van der Waals surface area contributed by atoms with E-state index in [9.17, 15) is 23.3 Å². The lowest BCUT2D eigenvalue weighted by atomic mass is 10.1. The molecule has 0 radical (unpaired) electrons. The van der Waals surface area contributed by atoms with Gasteiger partial charge in [-0.25, -0.2) is 4.68 Å². The van der Waals surface area contributed by atoms with Gasteiger partial charge in [-0.2, -0.15) is 23.5 Å². The lowest BCUT2D eigenvalue weighted by Gasteiger charge is -2.08. The molecule has 0 fully saturated rings. The number of nitro groups is 1. The van der Waals surface area contributed by atoms with Crippen LogP contribution in [-0.4, -0.2) is 14.7 Å². The molecule has 1 heterocycles. The Bertz CT molecular complexity index is 715. The summed E-state index contributed by atoms with van der Waals surface area (Å²) in [5.74, 6) is 0. The van der Waals surface area contributed by atoms with Gasteiger partial charge in [-0.3, -0.25) is 10.1 Å². The molecule has 1 aromatic heterocycles. The first kappa shape index (κ1) is 13.5. The van der Waals surface area contributed by atoms with Gasteiger partial charge in [0.05, 0.1) is 10.5 Å². The largest absolute Gasteiger partial charge is 0.416 e. The average molecular weight is 282 g/mol. The van der Waals surface area contributed by atoms with Crippen LogP contribution in [-0.2, 0) is 6.18 Å². The number of nitriles is 1. The molecule has 0 amide bonds. The summed E-state index contributed by atoms with van der Waals surface area (Å²) in [6, 6.07) is 5.10. The van der Waals surface area contributed by atoms with Gasteiger partial charge in [0.25, 0.3) is 5.69 Å². The molecule has 0 saturated carbocycles. The zero-order valence-corrected chi connectivity index (χ0v) is 9.63. The van der Waals surface area contributed by atoms with Crippen LogP contribution in [0.15, 0.2) is 30.5 Å². The first-order chi connectivity index (χ1) is 9.32. The van der Waals surface area contributed by atoms with Crippen molar-refractivity contribution in [2.75, 3.05) is 0 Å². The molecular weight excluding hydrogens is 277 g/mol. The number of nitrogens with zero attached hydrogens (tertiary/aromatic N) is 4. The molecular formula is C11H5F3N4O2. The Labute approximate surface area is 109 Å². The number of hydrogen-bond acceptors (Lipinski definition) is 4. The Hall–Kier alpha value is -2.89. The minimum absolute atomic E-state index is 0.000745. The van der Waals surface area contributed by atoms with E-state index in [-0.39, 0.29) is 11.4 Å². The van der Waals surface area contributed by atoms with Gasteiger partial charge in [-0.15, -0.1) is 0 Å². The number of halogens is 3. The highest BCUT2D eigenvalue weighted by Gasteiger charge is 2.33. The Morgan fingerprint density at radius 1 is 1.35 bits per heavy atom. The standard InChI is InChI=1S/C11H5F3N4O2/c12-11(13,14)7-1-2-9(10(5-7)18(19)20)17-4-3-8(6-15)16-17/h1-5H. The van der Waals surface area contributed by atoms with Crippen molar-refractivity contribution in [1.29, 1.82) is 5.26 Å². The van der Waals surface area contributed by atoms with Crippen LogP contribution >= 0.6 is 0 Å². The zero-order valence-electron chi connectivity index (χ0n) is 9.63. The smallest absolute Gasteiger partial charge is 0.258 e. The minimum atomic E-state index is -4.68. The fraction of sp³-hybridized carbons (Fsp3) is 0.0909. The number of aromatic nitrogens is 2. The third-order valence-electron chi connectivity index (χ3n) is 2.45. The summed E-state index contributed by atoms with van der Waals surface area (Å²) in [4.78, 5) is 9.95. The summed E-state index contributed by atoms with van der Waals surface area (Å²) in [7, 11) is 0. The third kappa shape index (κ3) is 2.44. The van der Waals surface area contributed by atoms with Crippen LogP contribution < -0.4 is 0 Å². The van der Waals surface area contributed by atoms with Crippen LogP contribution in [0.1, 0.15) is 11.3 Å². The average Bonchev–Trinajstić information content (AvgIpc) is 2.85. The summed E-state index contributed by atoms with van der Waals surface area (Å²) in [6.45, 7) is 0. The summed E-state index contributed by atoms with van der Waals surface area (Å²) in [5.41, 5.74) is -2.02. The number of nitro benzene ring substituents is 1. The summed E-state index contributed by atoms with van der Waals surface area (Å²) >= 11 is 0. The SMILES string of the molecule is N#Cc1ccn(-c2ccc(C(F)(F)F)cc2[N+](=O)[O-])n1. The topological polar surface area (TPSA) is 84.8 Å². The maximum atomic E-state index is 12.5. The van der Waals surface area contributed by atoms with Crippen molar-refractivity contribution in [1.82, 2.24) is 9.78 Å². The number of hydrogen-bond donors (Lipinski definition) is 0. The van der Waals surface area contributed by atoms with Gasteiger partial charge in [0, 0.05) is 12.3 Å². The van der Waals surface area contributed by atoms with E-state index in [1.165, 1.54) is 12.3 Å². The summed E-state index contributed by atoms with van der Waals surface area (Å²) in [5, 5.41) is 23.2. The molecule has 20 heavy (non-hydrogen) atoms. The number of alkyl halides is 3. The van der Waals surface area contributed by atoms with Crippen LogP contribution in [0.4, 0.5) is 18.9 Å². The first-order valence-corrected chi connectivity index (χ1v) is 5.14. The molecule has 0 aliphatic heterocycles. The predicted octanol–water partition coefficient (Wildman–Crippen LogP) is 2.67. The Morgan fingerprint density at radius 2 is 2.05 bits per heavy atom. The molecule has 2 rings (SSSR count). The van der Waals surface area contributed by atoms with Gasteiger partial charge in [0.2, 0.25) is 0 Å². The fourth-order valence-electron chi connectivity index (χ4n) is 1.56. The van der Waals surface area contributed by atoms with Crippen molar-refractivity contribution in [3.05, 3.63) is 51.8 Å². The molecule has 0 aliphatic rings. The highest BCUT2D eigenvalue weighted by atomic mass is 19.4. The first-order valence-electron chi connectivity index (χ1n) is 5.14. The monoisotopic (exact) mass is 282 g/mol. The normalized spacial score (nSPS) is 11.1. The number of benzene rings is 1. The molecule has 0 unspecified atom stereocenters. The van der Waals surface area contributed by atoms with E-state index in [4.69, 9.17) is 5.26 Å². The van der Waals surface area contributed by atoms with Gasteiger partial charge in [0.1, 0.15) is 11.8 Å². The minimum Gasteiger partial charge on any atom is -0.258 e. The van der Waals surface area contributed by atoms with Crippen molar-refractivity contribution in [3.8, 4) is 11.8 Å². The fourth-order valence-corrected chi connectivity index (χ4v) is 1.56. The molecule has 9 heteroatoms. The lowest BCUT2D eigenvalue weighted by molar-refractivity contribution is -0.384. The second-order valence-corrected chi connectivity index (χ2v) is 3.72. The van der Waals surface area contributed by atoms with Crippen LogP contribution in [0.3, 0.4) is 0 Å². The van der Waals surface area contributed by atoms with Crippen molar-refractivity contribution in [3.63, 3.8) is 0 Å². The van der Waals surface area contributed by atoms with Crippen molar-refractivity contribution in [2.24, 2.45) is 0 Å². The molecule has 1 aromatic carbocycles. The Morgan fingerprint density at radius 3 is 2.55 bits per heavy atom. The Kier molecular flexibility index (Phi) is 3.15. The second kappa shape index (κ2) is 4.65. The van der Waals surface area contributed by atoms with E-state index in [2.05, 4.69) is 5.10 Å². The van der Waals surface area contributed by atoms with E-state index in [1.807, 2.05) is 0 Å². The van der Waals surface area contributed by atoms with Crippen LogP contribution in [0.2, 0.25) is 0 Å². The van der Waals surface area contributed by atoms with Gasteiger partial charge >= 0.3 is 6.18 Å². The molecule has 0 bridgehead atoms. The molecule has 102 valence electrons. The summed E-state index contributed by atoms with van der Waals surface area (Å²) < 4.78 is 38.6. The molecule has 0 N–H and O–H groups in total. The predicted molar refractivity (Wildman–Crippen MR) is 59.9 cm³/mol. The maximum Gasteiger partial charge on any atom is 0.416 e. The van der Waals surface area contributed by atoms with E-state index >= 15 is 0 Å². The van der Waals surface area contributed by atoms with E-state index in [0.29, 0.717) is 6.07 Å². The van der Waals surface area contributed by atoms with Crippen molar-refractivity contribution < 1.29 is 18.1 Å². The molecule has 6 nitrogen and oxygen atoms in total. The van der Waals surface area contributed by atoms with E-state index in [0.717, 1.165) is 16.8 Å². The van der Waals surface area contributed by atoms with Gasteiger partial charge in [-0.1, -0.05) is 0 Å². The molecule has 0 spiro atoms. The van der Waals surface area contributed by atoms with Crippen molar-refractivity contribution >= 4 is 5.69 Å². The molecule has 0 aliphatic carbocycles. The van der Waals surface area contributed by atoms with Crippen LogP contribution in [0, 0.1) is 21.4 Å². The van der Waals surface area contributed by atoms with E-state index < -0.39 is 22.4 Å². The van der Waals surface area contributed by atoms with Crippen LogP contribution in [0.5, 0.6) is 0 Å². The quantitative estimate of drug-likeness (QED) is 0.626. The third-order valence-corrected chi connectivity index (χ3v) is 2.45. The molecule has 0 atom stereocenters. The molecule has 2 aromatic rings. The highest BCUT2D eigenvalue weighted by Crippen LogP contribution is 2.34.